The van der Waals surface area contributed by atoms with E-state index >= 15 is 0 Å². The van der Waals surface area contributed by atoms with Crippen LogP contribution in [0.3, 0.4) is 0 Å². The van der Waals surface area contributed by atoms with Gasteiger partial charge in [0.05, 0.1) is 6.40 Å². The molecule has 0 aliphatic carbocycles. The third-order valence-electron chi connectivity index (χ3n) is 3.40. The van der Waals surface area contributed by atoms with Gasteiger partial charge in [-0.25, -0.2) is 0 Å². The van der Waals surface area contributed by atoms with Crippen molar-refractivity contribution in [2.45, 2.75) is 51.8 Å². The second-order valence-corrected chi connectivity index (χ2v) is 5.62. The number of hydrogen-bond donors (Lipinski definition) is 0. The molecule has 1 saturated heterocycles. The lowest BCUT2D eigenvalue weighted by atomic mass is 10.0. The summed E-state index contributed by atoms with van der Waals surface area (Å²) in [6.45, 7) is 3.32. The van der Waals surface area contributed by atoms with Crippen LogP contribution in [0.4, 0.5) is 0 Å². The predicted octanol–water partition coefficient (Wildman–Crippen LogP) is 1.61. The molecule has 2 rings (SSSR count). The second kappa shape index (κ2) is 9.19. The number of carbonyl (C=O) groups is 3. The summed E-state index contributed by atoms with van der Waals surface area (Å²) in [4.78, 5) is 34.2. The highest BCUT2D eigenvalue weighted by Gasteiger charge is 2.44. The van der Waals surface area contributed by atoms with Crippen LogP contribution in [-0.2, 0) is 33.3 Å². The molecular formula is C18H22O8. The van der Waals surface area contributed by atoms with Gasteiger partial charge in [0, 0.05) is 22.1 Å². The fraction of sp³-hybridized carbons (Fsp3) is 0.500. The zero-order valence-corrected chi connectivity index (χ0v) is 14.7. The van der Waals surface area contributed by atoms with E-state index in [1.807, 2.05) is 0 Å². The summed E-state index contributed by atoms with van der Waals surface area (Å²) in [5.41, 5.74) is 0. The van der Waals surface area contributed by atoms with E-state index in [2.05, 4.69) is 0 Å². The van der Waals surface area contributed by atoms with E-state index in [0.29, 0.717) is 5.75 Å². The molecule has 0 bridgehead atoms. The van der Waals surface area contributed by atoms with Crippen LogP contribution in [0.2, 0.25) is 0 Å². The van der Waals surface area contributed by atoms with E-state index in [0.717, 1.165) is 0 Å². The average molecular weight is 367 g/mol. The highest BCUT2D eigenvalue weighted by atomic mass is 16.7. The van der Waals surface area contributed by atoms with Crippen LogP contribution in [0.5, 0.6) is 5.75 Å². The molecule has 0 saturated carbocycles. The Kier molecular flexibility index (Phi) is 6.43. The lowest BCUT2D eigenvalue weighted by molar-refractivity contribution is -0.245. The quantitative estimate of drug-likeness (QED) is 0.552. The average Bonchev–Trinajstić information content (AvgIpc) is 2.59. The van der Waals surface area contributed by atoms with Gasteiger partial charge in [0.15, 0.2) is 6.10 Å². The monoisotopic (exact) mass is 367 g/mol. The first-order valence-corrected chi connectivity index (χ1v) is 8.05. The predicted molar refractivity (Wildman–Crippen MR) is 88.1 cm³/mol. The molecule has 8 heteroatoms. The zero-order chi connectivity index (χ0) is 20.0. The molecule has 0 unspecified atom stereocenters. The van der Waals surface area contributed by atoms with Crippen molar-refractivity contribution < 1.29 is 39.4 Å². The van der Waals surface area contributed by atoms with Crippen molar-refractivity contribution in [3.05, 3.63) is 30.3 Å². The maximum atomic E-state index is 11.5. The minimum absolute atomic E-state index is 0.258. The summed E-state index contributed by atoms with van der Waals surface area (Å²) in [5.74, 6) is -1.42. The van der Waals surface area contributed by atoms with Crippen LogP contribution in [-0.4, -0.2) is 49.1 Å². The molecule has 0 radical (unpaired) electrons. The fourth-order valence-electron chi connectivity index (χ4n) is 2.44. The van der Waals surface area contributed by atoms with Crippen LogP contribution in [0.25, 0.3) is 0 Å². The van der Waals surface area contributed by atoms with E-state index in [1.54, 1.807) is 30.3 Å². The summed E-state index contributed by atoms with van der Waals surface area (Å²) < 4.78 is 35.2. The Morgan fingerprint density at radius 1 is 1.08 bits per heavy atom. The van der Waals surface area contributed by atoms with Crippen LogP contribution >= 0.6 is 0 Å². The molecular weight excluding hydrogens is 344 g/mol. The fourth-order valence-corrected chi connectivity index (χ4v) is 2.44. The topological polar surface area (TPSA) is 97.4 Å². The third kappa shape index (κ3) is 6.03. The summed E-state index contributed by atoms with van der Waals surface area (Å²) in [6.07, 6.45) is -5.59. The molecule has 1 heterocycles. The van der Waals surface area contributed by atoms with Crippen molar-refractivity contribution in [3.8, 4) is 5.75 Å². The zero-order valence-electron chi connectivity index (χ0n) is 15.7. The molecule has 1 fully saturated rings. The maximum absolute atomic E-state index is 11.5. The van der Waals surface area contributed by atoms with Crippen LogP contribution < -0.4 is 4.74 Å². The van der Waals surface area contributed by atoms with Gasteiger partial charge in [-0.2, -0.15) is 0 Å². The summed E-state index contributed by atoms with van der Waals surface area (Å²) in [6, 6.07) is 8.65. The Morgan fingerprint density at radius 2 is 1.73 bits per heavy atom. The highest BCUT2D eigenvalue weighted by Crippen LogP contribution is 2.28. The van der Waals surface area contributed by atoms with Crippen LogP contribution in [0.15, 0.2) is 30.3 Å². The minimum Gasteiger partial charge on any atom is -0.465 e. The van der Waals surface area contributed by atoms with Gasteiger partial charge in [-0.15, -0.1) is 0 Å². The molecule has 1 aliphatic heterocycles. The van der Waals surface area contributed by atoms with Gasteiger partial charge in [-0.05, 0) is 12.1 Å². The van der Waals surface area contributed by atoms with Crippen molar-refractivity contribution in [2.24, 2.45) is 0 Å². The van der Waals surface area contributed by atoms with Gasteiger partial charge >= 0.3 is 17.9 Å². The standard InChI is InChI=1S/C18H22O8/c1-11(19)22-10-16-18(24-13(3)21)15(23-12(2)20)9-17(26-16)25-14-7-5-4-6-8-14/h4-8,15-18H,9-10H2,1-3H3/t15-,16-,17-,18-/m1/s1/i9D/t9-,15-,16-,17-,18-. The largest absolute Gasteiger partial charge is 0.465 e. The van der Waals surface area contributed by atoms with Crippen LogP contribution in [0, 0.1) is 0 Å². The molecule has 142 valence electrons. The second-order valence-electron chi connectivity index (χ2n) is 5.62. The summed E-state index contributed by atoms with van der Waals surface area (Å²) in [7, 11) is 0. The Bertz CT molecular complexity index is 665. The maximum Gasteiger partial charge on any atom is 0.303 e. The minimum atomic E-state index is -1.20. The number of esters is 3. The van der Waals surface area contributed by atoms with Crippen molar-refractivity contribution in [2.75, 3.05) is 6.61 Å². The van der Waals surface area contributed by atoms with Crippen molar-refractivity contribution in [3.63, 3.8) is 0 Å². The van der Waals surface area contributed by atoms with E-state index in [1.165, 1.54) is 20.8 Å². The van der Waals surface area contributed by atoms with Gasteiger partial charge in [0.1, 0.15) is 24.6 Å². The van der Waals surface area contributed by atoms with E-state index in [-0.39, 0.29) is 6.61 Å². The van der Waals surface area contributed by atoms with E-state index in [9.17, 15) is 14.4 Å². The van der Waals surface area contributed by atoms with Gasteiger partial charge in [-0.1, -0.05) is 18.2 Å². The first-order valence-electron chi connectivity index (χ1n) is 8.63. The van der Waals surface area contributed by atoms with Crippen LogP contribution in [0.1, 0.15) is 28.5 Å². The number of para-hydroxylation sites is 1. The normalized spacial score (nSPS) is 28.4. The van der Waals surface area contributed by atoms with Crippen molar-refractivity contribution >= 4 is 17.9 Å². The van der Waals surface area contributed by atoms with Gasteiger partial charge in [0.25, 0.3) is 0 Å². The van der Waals surface area contributed by atoms with E-state index < -0.39 is 48.9 Å². The molecule has 0 amide bonds. The molecule has 8 nitrogen and oxygen atoms in total. The molecule has 0 N–H and O–H groups in total. The van der Waals surface area contributed by atoms with Crippen molar-refractivity contribution in [1.82, 2.24) is 0 Å². The van der Waals surface area contributed by atoms with Gasteiger partial charge < -0.3 is 23.7 Å². The number of hydrogen-bond acceptors (Lipinski definition) is 8. The molecule has 1 aromatic carbocycles. The summed E-state index contributed by atoms with van der Waals surface area (Å²) in [5, 5.41) is 0. The molecule has 5 atom stereocenters. The Hall–Kier alpha value is -2.61. The number of benzene rings is 1. The molecule has 0 aromatic heterocycles. The molecule has 1 aromatic rings. The third-order valence-corrected chi connectivity index (χ3v) is 3.40. The number of rotatable bonds is 6. The lowest BCUT2D eigenvalue weighted by Crippen LogP contribution is -2.54. The first kappa shape index (κ1) is 18.2. The Labute approximate surface area is 152 Å². The lowest BCUT2D eigenvalue weighted by Gasteiger charge is -2.39. The first-order chi connectivity index (χ1) is 12.8. The number of carbonyl (C=O) groups excluding carboxylic acids is 3. The number of ether oxygens (including phenoxy) is 5. The van der Waals surface area contributed by atoms with Gasteiger partial charge in [0.2, 0.25) is 6.29 Å². The summed E-state index contributed by atoms with van der Waals surface area (Å²) >= 11 is 0. The highest BCUT2D eigenvalue weighted by molar-refractivity contribution is 5.67. The van der Waals surface area contributed by atoms with Crippen molar-refractivity contribution in [1.29, 1.82) is 0 Å². The Balaban J connectivity index is 2.27. The van der Waals surface area contributed by atoms with E-state index in [4.69, 9.17) is 25.1 Å². The smallest absolute Gasteiger partial charge is 0.303 e. The van der Waals surface area contributed by atoms with Gasteiger partial charge in [-0.3, -0.25) is 14.4 Å². The molecule has 1 aliphatic rings. The Morgan fingerprint density at radius 3 is 2.31 bits per heavy atom. The SMILES string of the molecule is [2H][C@H]1[C@H](Oc2ccccc2)O[C@H](COC(C)=O)[C@H](OC(C)=O)[C@@H]1OC(C)=O. The molecule has 0 spiro atoms. The molecule has 26 heavy (non-hydrogen) atoms.